The van der Waals surface area contributed by atoms with Crippen molar-refractivity contribution in [1.82, 2.24) is 5.32 Å². The summed E-state index contributed by atoms with van der Waals surface area (Å²) in [5.74, 6) is -0.247. The summed E-state index contributed by atoms with van der Waals surface area (Å²) in [6.45, 7) is 2.93. The molecule has 2 aromatic carbocycles. The number of nitrogens with one attached hydrogen (secondary N) is 1. The van der Waals surface area contributed by atoms with Gasteiger partial charge in [-0.1, -0.05) is 24.3 Å². The summed E-state index contributed by atoms with van der Waals surface area (Å²) < 4.78 is 0. The lowest BCUT2D eigenvalue weighted by atomic mass is 9.83. The van der Waals surface area contributed by atoms with Gasteiger partial charge in [0.05, 0.1) is 16.9 Å². The van der Waals surface area contributed by atoms with Gasteiger partial charge in [0.15, 0.2) is 0 Å². The van der Waals surface area contributed by atoms with Gasteiger partial charge in [0.1, 0.15) is 0 Å². The number of thiophene rings is 1. The van der Waals surface area contributed by atoms with E-state index in [4.69, 9.17) is 0 Å². The van der Waals surface area contributed by atoms with Crippen molar-refractivity contribution in [2.45, 2.75) is 18.9 Å². The molecule has 2 aliphatic rings. The van der Waals surface area contributed by atoms with Crippen LogP contribution in [0.2, 0.25) is 0 Å². The number of fused-ring (bicyclic) bond motifs is 3. The summed E-state index contributed by atoms with van der Waals surface area (Å²) in [7, 11) is 0. The lowest BCUT2D eigenvalue weighted by Crippen LogP contribution is -2.61. The number of hydrogen-bond acceptors (Lipinski definition) is 6. The Bertz CT molecular complexity index is 1140. The van der Waals surface area contributed by atoms with Crippen LogP contribution in [0, 0.1) is 16.0 Å². The summed E-state index contributed by atoms with van der Waals surface area (Å²) in [5, 5.41) is 16.5. The second-order valence-corrected chi connectivity index (χ2v) is 9.58. The van der Waals surface area contributed by atoms with Crippen LogP contribution in [0.25, 0.3) is 0 Å². The van der Waals surface area contributed by atoms with Crippen molar-refractivity contribution in [3.8, 4) is 0 Å². The number of benzene rings is 2. The van der Waals surface area contributed by atoms with Crippen LogP contribution < -0.4 is 15.1 Å². The molecule has 2 unspecified atom stereocenters. The minimum absolute atomic E-state index is 0.00894. The first kappa shape index (κ1) is 21.5. The molecule has 5 rings (SSSR count). The average molecular weight is 463 g/mol. The van der Waals surface area contributed by atoms with Gasteiger partial charge in [-0.15, -0.1) is 11.3 Å². The second-order valence-electron chi connectivity index (χ2n) is 8.54. The molecule has 3 heterocycles. The van der Waals surface area contributed by atoms with Gasteiger partial charge in [-0.05, 0) is 48.1 Å². The van der Waals surface area contributed by atoms with Crippen molar-refractivity contribution in [3.05, 3.63) is 86.6 Å². The second kappa shape index (κ2) is 9.23. The predicted octanol–water partition coefficient (Wildman–Crippen LogP) is 3.88. The van der Waals surface area contributed by atoms with Gasteiger partial charge in [0, 0.05) is 54.6 Å². The zero-order valence-corrected chi connectivity index (χ0v) is 19.0. The normalized spacial score (nSPS) is 19.5. The molecule has 8 heteroatoms. The molecular weight excluding hydrogens is 436 g/mol. The number of amides is 1. The molecule has 1 amide bonds. The SMILES string of the molecule is O=C(NCCc1cccs1)C1Cc2cc([N+](=O)[O-])ccc2N2CCN(c3ccccc3)CC12. The van der Waals surface area contributed by atoms with Crippen molar-refractivity contribution < 1.29 is 9.72 Å². The van der Waals surface area contributed by atoms with Gasteiger partial charge in [-0.25, -0.2) is 0 Å². The van der Waals surface area contributed by atoms with Gasteiger partial charge in [0.25, 0.3) is 5.69 Å². The van der Waals surface area contributed by atoms with Crippen LogP contribution in [-0.4, -0.2) is 43.1 Å². The molecule has 2 aliphatic heterocycles. The van der Waals surface area contributed by atoms with Gasteiger partial charge in [0.2, 0.25) is 5.91 Å². The Morgan fingerprint density at radius 2 is 1.97 bits per heavy atom. The van der Waals surface area contributed by atoms with Gasteiger partial charge < -0.3 is 15.1 Å². The van der Waals surface area contributed by atoms with Crippen molar-refractivity contribution in [1.29, 1.82) is 0 Å². The standard InChI is InChI=1S/C25H26N4O3S/c30-25(26-11-10-21-7-4-14-33-21)22-16-18-15-20(29(31)32)8-9-23(18)28-13-12-27(17-24(22)28)19-5-2-1-3-6-19/h1-9,14-15,22,24H,10-13,16-17H2,(H,26,30). The third-order valence-electron chi connectivity index (χ3n) is 6.62. The Morgan fingerprint density at radius 1 is 1.12 bits per heavy atom. The monoisotopic (exact) mass is 462 g/mol. The van der Waals surface area contributed by atoms with Crippen LogP contribution in [0.3, 0.4) is 0 Å². The molecule has 0 bridgehead atoms. The molecule has 0 saturated carbocycles. The molecule has 1 fully saturated rings. The van der Waals surface area contributed by atoms with E-state index in [2.05, 4.69) is 33.3 Å². The number of carbonyl (C=O) groups is 1. The molecule has 7 nitrogen and oxygen atoms in total. The maximum atomic E-state index is 13.4. The maximum Gasteiger partial charge on any atom is 0.269 e. The van der Waals surface area contributed by atoms with Crippen LogP contribution in [0.4, 0.5) is 17.1 Å². The van der Waals surface area contributed by atoms with Gasteiger partial charge in [-0.2, -0.15) is 0 Å². The number of anilines is 2. The summed E-state index contributed by atoms with van der Waals surface area (Å²) in [5.41, 5.74) is 3.13. The fourth-order valence-electron chi connectivity index (χ4n) is 4.99. The number of rotatable bonds is 6. The molecule has 1 N–H and O–H groups in total. The number of hydrogen-bond donors (Lipinski definition) is 1. The van der Waals surface area contributed by atoms with Crippen LogP contribution in [0.1, 0.15) is 10.4 Å². The molecule has 33 heavy (non-hydrogen) atoms. The van der Waals surface area contributed by atoms with Crippen molar-refractivity contribution in [2.24, 2.45) is 5.92 Å². The lowest BCUT2D eigenvalue weighted by Gasteiger charge is -2.49. The van der Waals surface area contributed by atoms with E-state index in [1.807, 2.05) is 35.7 Å². The first-order chi connectivity index (χ1) is 16.1. The molecule has 0 radical (unpaired) electrons. The smallest absolute Gasteiger partial charge is 0.269 e. The Balaban J connectivity index is 1.40. The first-order valence-electron chi connectivity index (χ1n) is 11.2. The maximum absolute atomic E-state index is 13.4. The highest BCUT2D eigenvalue weighted by molar-refractivity contribution is 7.09. The van der Waals surface area contributed by atoms with E-state index in [0.717, 1.165) is 43.0 Å². The van der Waals surface area contributed by atoms with E-state index in [-0.39, 0.29) is 28.5 Å². The Hall–Kier alpha value is -3.39. The first-order valence-corrected chi connectivity index (χ1v) is 12.1. The van der Waals surface area contributed by atoms with E-state index in [9.17, 15) is 14.9 Å². The zero-order chi connectivity index (χ0) is 22.8. The summed E-state index contributed by atoms with van der Waals surface area (Å²) in [4.78, 5) is 30.2. The zero-order valence-electron chi connectivity index (χ0n) is 18.2. The van der Waals surface area contributed by atoms with Crippen LogP contribution in [0.5, 0.6) is 0 Å². The Morgan fingerprint density at radius 3 is 2.73 bits per heavy atom. The Labute approximate surface area is 196 Å². The van der Waals surface area contributed by atoms with E-state index in [1.165, 1.54) is 4.88 Å². The summed E-state index contributed by atoms with van der Waals surface area (Å²) in [6.07, 6.45) is 1.31. The fraction of sp³-hybridized carbons (Fsp3) is 0.320. The largest absolute Gasteiger partial charge is 0.368 e. The summed E-state index contributed by atoms with van der Waals surface area (Å²) in [6, 6.07) is 19.4. The number of piperazine rings is 1. The van der Waals surface area contributed by atoms with Crippen LogP contribution in [-0.2, 0) is 17.6 Å². The molecule has 0 aliphatic carbocycles. The Kier molecular flexibility index (Phi) is 6.00. The number of nitro groups is 1. The number of para-hydroxylation sites is 1. The third kappa shape index (κ3) is 4.43. The van der Waals surface area contributed by atoms with Crippen molar-refractivity contribution in [3.63, 3.8) is 0 Å². The van der Waals surface area contributed by atoms with Gasteiger partial charge >= 0.3 is 0 Å². The highest BCUT2D eigenvalue weighted by Gasteiger charge is 2.42. The van der Waals surface area contributed by atoms with Crippen LogP contribution in [0.15, 0.2) is 66.0 Å². The highest BCUT2D eigenvalue weighted by atomic mass is 32.1. The fourth-order valence-corrected chi connectivity index (χ4v) is 5.70. The number of carbonyl (C=O) groups excluding carboxylic acids is 1. The van der Waals surface area contributed by atoms with Crippen molar-refractivity contribution >= 4 is 34.3 Å². The molecule has 3 aromatic rings. The molecule has 2 atom stereocenters. The van der Waals surface area contributed by atoms with E-state index in [0.29, 0.717) is 13.0 Å². The molecule has 1 aromatic heterocycles. The molecule has 170 valence electrons. The minimum Gasteiger partial charge on any atom is -0.368 e. The third-order valence-corrected chi connectivity index (χ3v) is 7.55. The quantitative estimate of drug-likeness (QED) is 0.444. The van der Waals surface area contributed by atoms with Crippen molar-refractivity contribution in [2.75, 3.05) is 36.0 Å². The average Bonchev–Trinajstić information content (AvgIpc) is 3.36. The molecule has 1 saturated heterocycles. The van der Waals surface area contributed by atoms with Crippen LogP contribution >= 0.6 is 11.3 Å². The number of nitro benzene ring substituents is 1. The van der Waals surface area contributed by atoms with E-state index >= 15 is 0 Å². The van der Waals surface area contributed by atoms with E-state index in [1.54, 1.807) is 23.5 Å². The highest BCUT2D eigenvalue weighted by Crippen LogP contribution is 2.38. The minimum atomic E-state index is -0.365. The van der Waals surface area contributed by atoms with E-state index < -0.39 is 0 Å². The summed E-state index contributed by atoms with van der Waals surface area (Å²) >= 11 is 1.69. The molecular formula is C25H26N4O3S. The van der Waals surface area contributed by atoms with Gasteiger partial charge in [-0.3, -0.25) is 14.9 Å². The molecule has 0 spiro atoms. The topological polar surface area (TPSA) is 78.7 Å². The lowest BCUT2D eigenvalue weighted by molar-refractivity contribution is -0.384. The number of nitrogens with zero attached hydrogens (tertiary/aromatic N) is 3. The predicted molar refractivity (Wildman–Crippen MR) is 131 cm³/mol. The number of non-ortho nitro benzene ring substituents is 1.